The molecule has 1 aromatic carbocycles. The Morgan fingerprint density at radius 1 is 1.23 bits per heavy atom. The van der Waals surface area contributed by atoms with Crippen molar-refractivity contribution in [1.29, 1.82) is 5.26 Å². The summed E-state index contributed by atoms with van der Waals surface area (Å²) in [5, 5.41) is 8.96. The Bertz CT molecular complexity index is 897. The van der Waals surface area contributed by atoms with E-state index in [1.165, 1.54) is 25.9 Å². The molecule has 0 radical (unpaired) electrons. The highest BCUT2D eigenvalue weighted by molar-refractivity contribution is 5.79. The van der Waals surface area contributed by atoms with Crippen LogP contribution in [0.5, 0.6) is 0 Å². The first-order valence-corrected chi connectivity index (χ1v) is 11.2. The lowest BCUT2D eigenvalue weighted by molar-refractivity contribution is -0.131. The van der Waals surface area contributed by atoms with Gasteiger partial charge in [-0.3, -0.25) is 4.79 Å². The highest BCUT2D eigenvalue weighted by Crippen LogP contribution is 2.24. The molecule has 2 aliphatic heterocycles. The van der Waals surface area contributed by atoms with Gasteiger partial charge < -0.3 is 14.4 Å². The molecule has 2 aliphatic rings. The zero-order chi connectivity index (χ0) is 20.9. The number of aromatic nitrogens is 2. The van der Waals surface area contributed by atoms with Gasteiger partial charge in [0.2, 0.25) is 5.91 Å². The smallest absolute Gasteiger partial charge is 0.228 e. The van der Waals surface area contributed by atoms with E-state index < -0.39 is 0 Å². The van der Waals surface area contributed by atoms with E-state index in [0.29, 0.717) is 24.6 Å². The minimum absolute atomic E-state index is 0.213. The van der Waals surface area contributed by atoms with Crippen molar-refractivity contribution in [1.82, 2.24) is 19.4 Å². The molecular weight excluding hydrogens is 374 g/mol. The van der Waals surface area contributed by atoms with Gasteiger partial charge in [-0.25, -0.2) is 4.98 Å². The Morgan fingerprint density at radius 2 is 2.07 bits per heavy atom. The molecule has 2 saturated heterocycles. The monoisotopic (exact) mass is 405 g/mol. The Hall–Kier alpha value is -2.65. The second-order valence-electron chi connectivity index (χ2n) is 8.70. The minimum atomic E-state index is 0.213. The highest BCUT2D eigenvalue weighted by Gasteiger charge is 2.32. The fourth-order valence-electron chi connectivity index (χ4n) is 4.84. The van der Waals surface area contributed by atoms with E-state index in [-0.39, 0.29) is 5.91 Å². The van der Waals surface area contributed by atoms with Crippen LogP contribution in [0, 0.1) is 17.2 Å². The molecule has 1 aromatic heterocycles. The van der Waals surface area contributed by atoms with Crippen molar-refractivity contribution < 1.29 is 4.79 Å². The van der Waals surface area contributed by atoms with Crippen molar-refractivity contribution in [3.05, 3.63) is 53.6 Å². The van der Waals surface area contributed by atoms with E-state index in [2.05, 4.69) is 27.8 Å². The molecule has 2 fully saturated rings. The molecule has 1 unspecified atom stereocenters. The molecule has 3 heterocycles. The van der Waals surface area contributed by atoms with Crippen molar-refractivity contribution in [3.8, 4) is 6.07 Å². The zero-order valence-corrected chi connectivity index (χ0v) is 17.8. The third-order valence-corrected chi connectivity index (χ3v) is 6.68. The first-order chi connectivity index (χ1) is 14.7. The average molecular weight is 406 g/mol. The summed E-state index contributed by atoms with van der Waals surface area (Å²) in [6, 6.07) is 10.1. The fraction of sp³-hybridized carbons (Fsp3) is 0.542. The predicted molar refractivity (Wildman–Crippen MR) is 116 cm³/mol. The molecule has 0 aliphatic carbocycles. The second-order valence-corrected chi connectivity index (χ2v) is 8.70. The second kappa shape index (κ2) is 9.44. The first kappa shape index (κ1) is 20.6. The summed E-state index contributed by atoms with van der Waals surface area (Å²) in [5.74, 6) is 1.04. The SMILES string of the molecule is CC[C@H]1CCN(CC2CCCN2C(=O)Cc2cncn2Cc2ccc(C#N)cc2)C1. The number of carbonyl (C=O) groups excluding carboxylic acids is 1. The Kier molecular flexibility index (Phi) is 6.49. The van der Waals surface area contributed by atoms with E-state index >= 15 is 0 Å². The zero-order valence-electron chi connectivity index (χ0n) is 17.8. The number of nitriles is 1. The summed E-state index contributed by atoms with van der Waals surface area (Å²) >= 11 is 0. The van der Waals surface area contributed by atoms with Gasteiger partial charge >= 0.3 is 0 Å². The number of carbonyl (C=O) groups is 1. The average Bonchev–Trinajstić information content (AvgIpc) is 3.51. The van der Waals surface area contributed by atoms with Gasteiger partial charge in [0, 0.05) is 44.1 Å². The number of imidazole rings is 1. The Morgan fingerprint density at radius 3 is 2.80 bits per heavy atom. The molecule has 6 heteroatoms. The van der Waals surface area contributed by atoms with Crippen LogP contribution in [0.1, 0.15) is 49.4 Å². The highest BCUT2D eigenvalue weighted by atomic mass is 16.2. The van der Waals surface area contributed by atoms with Crippen LogP contribution in [0.25, 0.3) is 0 Å². The lowest BCUT2D eigenvalue weighted by Crippen LogP contribution is -2.43. The summed E-state index contributed by atoms with van der Waals surface area (Å²) in [4.78, 5) is 22.1. The quantitative estimate of drug-likeness (QED) is 0.710. The maximum Gasteiger partial charge on any atom is 0.228 e. The van der Waals surface area contributed by atoms with Crippen molar-refractivity contribution in [2.45, 2.75) is 51.6 Å². The van der Waals surface area contributed by atoms with Gasteiger partial charge in [0.1, 0.15) is 0 Å². The van der Waals surface area contributed by atoms with Crippen LogP contribution < -0.4 is 0 Å². The number of rotatable bonds is 7. The number of likely N-dealkylation sites (tertiary alicyclic amines) is 2. The molecule has 158 valence electrons. The van der Waals surface area contributed by atoms with Crippen molar-refractivity contribution >= 4 is 5.91 Å². The van der Waals surface area contributed by atoms with Crippen molar-refractivity contribution in [2.75, 3.05) is 26.2 Å². The maximum absolute atomic E-state index is 13.1. The maximum atomic E-state index is 13.1. The molecule has 30 heavy (non-hydrogen) atoms. The van der Waals surface area contributed by atoms with Gasteiger partial charge in [0.25, 0.3) is 0 Å². The van der Waals surface area contributed by atoms with Gasteiger partial charge in [0.05, 0.1) is 24.4 Å². The van der Waals surface area contributed by atoms with E-state index in [4.69, 9.17) is 5.26 Å². The van der Waals surface area contributed by atoms with Gasteiger partial charge in [-0.1, -0.05) is 25.5 Å². The van der Waals surface area contributed by atoms with Gasteiger partial charge in [-0.05, 0) is 49.4 Å². The van der Waals surface area contributed by atoms with Crippen LogP contribution in [-0.4, -0.2) is 57.5 Å². The van der Waals surface area contributed by atoms with E-state index in [0.717, 1.165) is 43.1 Å². The van der Waals surface area contributed by atoms with Crippen molar-refractivity contribution in [2.24, 2.45) is 5.92 Å². The Labute approximate surface area is 179 Å². The van der Waals surface area contributed by atoms with Crippen LogP contribution >= 0.6 is 0 Å². The molecule has 0 spiro atoms. The van der Waals surface area contributed by atoms with Crippen LogP contribution in [0.4, 0.5) is 0 Å². The lowest BCUT2D eigenvalue weighted by atomic mass is 10.1. The van der Waals surface area contributed by atoms with Crippen molar-refractivity contribution in [3.63, 3.8) is 0 Å². The summed E-state index contributed by atoms with van der Waals surface area (Å²) in [7, 11) is 0. The van der Waals surface area contributed by atoms with Gasteiger partial charge in [0.15, 0.2) is 0 Å². The molecule has 1 amide bonds. The number of benzene rings is 1. The minimum Gasteiger partial charge on any atom is -0.338 e. The largest absolute Gasteiger partial charge is 0.338 e. The molecule has 4 rings (SSSR count). The molecule has 6 nitrogen and oxygen atoms in total. The van der Waals surface area contributed by atoms with E-state index in [1.807, 2.05) is 28.8 Å². The number of hydrogen-bond donors (Lipinski definition) is 0. The van der Waals surface area contributed by atoms with Gasteiger partial charge in [-0.15, -0.1) is 0 Å². The molecule has 0 saturated carbocycles. The normalized spacial score (nSPS) is 21.8. The summed E-state index contributed by atoms with van der Waals surface area (Å²) in [6.07, 6.45) is 8.76. The van der Waals surface area contributed by atoms with E-state index in [1.54, 1.807) is 12.5 Å². The van der Waals surface area contributed by atoms with Crippen LogP contribution in [0.3, 0.4) is 0 Å². The topological polar surface area (TPSA) is 65.2 Å². The van der Waals surface area contributed by atoms with Crippen LogP contribution in [0.15, 0.2) is 36.8 Å². The molecule has 0 N–H and O–H groups in total. The lowest BCUT2D eigenvalue weighted by Gasteiger charge is -2.29. The Balaban J connectivity index is 1.36. The first-order valence-electron chi connectivity index (χ1n) is 11.2. The van der Waals surface area contributed by atoms with Crippen LogP contribution in [-0.2, 0) is 17.8 Å². The molecule has 2 atom stereocenters. The fourth-order valence-corrected chi connectivity index (χ4v) is 4.84. The third kappa shape index (κ3) is 4.73. The number of amides is 1. The predicted octanol–water partition coefficient (Wildman–Crippen LogP) is 3.07. The van der Waals surface area contributed by atoms with Crippen LogP contribution in [0.2, 0.25) is 0 Å². The molecular formula is C24H31N5O. The third-order valence-electron chi connectivity index (χ3n) is 6.68. The van der Waals surface area contributed by atoms with Gasteiger partial charge in [-0.2, -0.15) is 5.26 Å². The molecule has 2 aromatic rings. The summed E-state index contributed by atoms with van der Waals surface area (Å²) < 4.78 is 2.04. The standard InChI is InChI=1S/C24H31N5O/c1-2-19-9-11-27(15-19)17-22-4-3-10-29(22)24(30)12-23-14-26-18-28(23)16-21-7-5-20(13-25)6-8-21/h5-8,14,18-19,22H,2-4,9-12,15-17H2,1H3/t19-,22?/m0/s1. The number of nitrogens with zero attached hydrogens (tertiary/aromatic N) is 5. The summed E-state index contributed by atoms with van der Waals surface area (Å²) in [5.41, 5.74) is 2.70. The molecule has 0 bridgehead atoms. The summed E-state index contributed by atoms with van der Waals surface area (Å²) in [6.45, 7) is 7.19. The van der Waals surface area contributed by atoms with E-state index in [9.17, 15) is 4.79 Å². The number of hydrogen-bond acceptors (Lipinski definition) is 4.